The maximum absolute atomic E-state index is 11.8. The zero-order valence-corrected chi connectivity index (χ0v) is 13.2. The molecule has 1 aliphatic heterocycles. The van der Waals surface area contributed by atoms with Crippen molar-refractivity contribution in [2.24, 2.45) is 5.41 Å². The summed E-state index contributed by atoms with van der Waals surface area (Å²) in [5.41, 5.74) is -0.435. The Morgan fingerprint density at radius 3 is 2.05 bits per heavy atom. The number of piperidine rings is 1. The molecule has 0 unspecified atom stereocenters. The highest BCUT2D eigenvalue weighted by Crippen LogP contribution is 2.25. The second kappa shape index (κ2) is 6.90. The van der Waals surface area contributed by atoms with Crippen LogP contribution in [0.1, 0.15) is 65.7 Å². The lowest BCUT2D eigenvalue weighted by Crippen LogP contribution is -2.41. The molecular formula is C16H29NO3. The van der Waals surface area contributed by atoms with Crippen molar-refractivity contribution < 1.29 is 14.4 Å². The second-order valence-corrected chi connectivity index (χ2v) is 7.15. The van der Waals surface area contributed by atoms with Crippen LogP contribution in [0.25, 0.3) is 0 Å². The van der Waals surface area contributed by atoms with E-state index in [0.29, 0.717) is 12.2 Å². The van der Waals surface area contributed by atoms with Gasteiger partial charge in [-0.25, -0.2) is 4.79 Å². The van der Waals surface area contributed by atoms with Crippen molar-refractivity contribution in [1.29, 1.82) is 0 Å². The van der Waals surface area contributed by atoms with Crippen LogP contribution >= 0.6 is 0 Å². The maximum Gasteiger partial charge on any atom is 0.330 e. The van der Waals surface area contributed by atoms with E-state index in [1.54, 1.807) is 5.06 Å². The summed E-state index contributed by atoms with van der Waals surface area (Å²) < 4.78 is 6.19. The predicted octanol–water partition coefficient (Wildman–Crippen LogP) is 3.30. The van der Waals surface area contributed by atoms with Gasteiger partial charge in [0.1, 0.15) is 0 Å². The van der Waals surface area contributed by atoms with Crippen molar-refractivity contribution >= 4 is 5.97 Å². The van der Waals surface area contributed by atoms with Gasteiger partial charge in [-0.3, -0.25) is 0 Å². The molecule has 2 aliphatic rings. The summed E-state index contributed by atoms with van der Waals surface area (Å²) in [4.78, 5) is 17.3. The van der Waals surface area contributed by atoms with E-state index in [2.05, 4.69) is 0 Å². The van der Waals surface area contributed by atoms with Gasteiger partial charge in [0.2, 0.25) is 0 Å². The van der Waals surface area contributed by atoms with E-state index in [9.17, 15) is 4.79 Å². The molecule has 116 valence electrons. The summed E-state index contributed by atoms with van der Waals surface area (Å²) in [6.45, 7) is 7.23. The molecule has 0 radical (unpaired) electrons. The number of ether oxygens (including phenoxy) is 1. The fourth-order valence-electron chi connectivity index (χ4n) is 2.79. The first-order valence-corrected chi connectivity index (χ1v) is 8.08. The lowest BCUT2D eigenvalue weighted by molar-refractivity contribution is -0.211. The molecule has 4 heteroatoms. The minimum absolute atomic E-state index is 0.149. The first-order valence-electron chi connectivity index (χ1n) is 8.08. The fraction of sp³-hybridized carbons (Fsp3) is 0.938. The van der Waals surface area contributed by atoms with Gasteiger partial charge >= 0.3 is 5.97 Å². The maximum atomic E-state index is 11.8. The Morgan fingerprint density at radius 2 is 1.50 bits per heavy atom. The molecule has 1 heterocycles. The largest absolute Gasteiger partial charge is 0.375 e. The number of nitrogens with zero attached hydrogens (tertiary/aromatic N) is 1. The minimum atomic E-state index is -0.435. The summed E-state index contributed by atoms with van der Waals surface area (Å²) >= 11 is 0. The van der Waals surface area contributed by atoms with Gasteiger partial charge in [-0.15, -0.1) is 5.06 Å². The molecule has 1 saturated heterocycles. The number of hydroxylamine groups is 2. The van der Waals surface area contributed by atoms with Crippen LogP contribution in [0.5, 0.6) is 0 Å². The topological polar surface area (TPSA) is 38.8 Å². The molecule has 4 nitrogen and oxygen atoms in total. The van der Waals surface area contributed by atoms with Gasteiger partial charge in [0.05, 0.1) is 17.6 Å². The Morgan fingerprint density at radius 1 is 0.950 bits per heavy atom. The lowest BCUT2D eigenvalue weighted by Gasteiger charge is -2.34. The average molecular weight is 283 g/mol. The average Bonchev–Trinajstić information content (AvgIpc) is 2.41. The van der Waals surface area contributed by atoms with Crippen LogP contribution in [0, 0.1) is 5.41 Å². The van der Waals surface area contributed by atoms with Crippen LogP contribution in [0.4, 0.5) is 0 Å². The standard InChI is InChI=1S/C16H29NO3/c1-16(2,3)15(18)20-17-11-9-14(10-12-17)19-13-7-5-4-6-8-13/h13-14H,4-12H2,1-3H3. The fourth-order valence-corrected chi connectivity index (χ4v) is 2.79. The van der Waals surface area contributed by atoms with Crippen molar-refractivity contribution in [1.82, 2.24) is 5.06 Å². The van der Waals surface area contributed by atoms with Gasteiger partial charge in [-0.1, -0.05) is 19.3 Å². The third-order valence-electron chi connectivity index (χ3n) is 4.16. The highest BCUT2D eigenvalue weighted by atomic mass is 16.7. The zero-order valence-electron chi connectivity index (χ0n) is 13.2. The molecular weight excluding hydrogens is 254 g/mol. The lowest BCUT2D eigenvalue weighted by atomic mass is 9.97. The summed E-state index contributed by atoms with van der Waals surface area (Å²) in [7, 11) is 0. The Bertz CT molecular complexity index is 310. The molecule has 0 atom stereocenters. The van der Waals surface area contributed by atoms with E-state index in [1.807, 2.05) is 20.8 Å². The number of hydrogen-bond donors (Lipinski definition) is 0. The smallest absolute Gasteiger partial charge is 0.330 e. The van der Waals surface area contributed by atoms with E-state index < -0.39 is 5.41 Å². The van der Waals surface area contributed by atoms with Crippen molar-refractivity contribution in [3.05, 3.63) is 0 Å². The predicted molar refractivity (Wildman–Crippen MR) is 78.1 cm³/mol. The van der Waals surface area contributed by atoms with Crippen molar-refractivity contribution in [3.8, 4) is 0 Å². The molecule has 20 heavy (non-hydrogen) atoms. The van der Waals surface area contributed by atoms with E-state index in [4.69, 9.17) is 9.57 Å². The Kier molecular flexibility index (Phi) is 5.44. The van der Waals surface area contributed by atoms with E-state index in [1.165, 1.54) is 32.1 Å². The third-order valence-corrected chi connectivity index (χ3v) is 4.16. The van der Waals surface area contributed by atoms with Gasteiger partial charge in [0.15, 0.2) is 0 Å². The van der Waals surface area contributed by atoms with Crippen LogP contribution in [-0.4, -0.2) is 36.3 Å². The van der Waals surface area contributed by atoms with Gasteiger partial charge < -0.3 is 9.57 Å². The molecule has 1 saturated carbocycles. The SMILES string of the molecule is CC(C)(C)C(=O)ON1CCC(OC2CCCCC2)CC1. The third kappa shape index (κ3) is 4.74. The zero-order chi connectivity index (χ0) is 14.6. The van der Waals surface area contributed by atoms with Crippen LogP contribution in [0.3, 0.4) is 0 Å². The monoisotopic (exact) mass is 283 g/mol. The normalized spacial score (nSPS) is 23.8. The van der Waals surface area contributed by atoms with Crippen LogP contribution < -0.4 is 0 Å². The van der Waals surface area contributed by atoms with Crippen LogP contribution in [0.15, 0.2) is 0 Å². The first-order chi connectivity index (χ1) is 9.45. The molecule has 0 spiro atoms. The van der Waals surface area contributed by atoms with Crippen molar-refractivity contribution in [2.75, 3.05) is 13.1 Å². The molecule has 0 N–H and O–H groups in total. The summed E-state index contributed by atoms with van der Waals surface area (Å²) in [5, 5.41) is 1.80. The molecule has 0 aromatic heterocycles. The second-order valence-electron chi connectivity index (χ2n) is 7.15. The highest BCUT2D eigenvalue weighted by molar-refractivity contribution is 5.75. The minimum Gasteiger partial charge on any atom is -0.375 e. The molecule has 1 aliphatic carbocycles. The van der Waals surface area contributed by atoms with E-state index in [0.717, 1.165) is 25.9 Å². The van der Waals surface area contributed by atoms with Gasteiger partial charge in [0, 0.05) is 13.1 Å². The van der Waals surface area contributed by atoms with Crippen LogP contribution in [-0.2, 0) is 14.4 Å². The van der Waals surface area contributed by atoms with Crippen LogP contribution in [0.2, 0.25) is 0 Å². The Hall–Kier alpha value is -0.610. The molecule has 2 fully saturated rings. The van der Waals surface area contributed by atoms with E-state index >= 15 is 0 Å². The summed E-state index contributed by atoms with van der Waals surface area (Å²) in [6, 6.07) is 0. The quantitative estimate of drug-likeness (QED) is 0.796. The molecule has 0 bridgehead atoms. The number of carbonyl (C=O) groups is 1. The summed E-state index contributed by atoms with van der Waals surface area (Å²) in [5.74, 6) is -0.149. The number of rotatable bonds is 3. The van der Waals surface area contributed by atoms with E-state index in [-0.39, 0.29) is 5.97 Å². The molecule has 0 aromatic carbocycles. The Balaban J connectivity index is 1.68. The molecule has 0 aromatic rings. The number of carbonyl (C=O) groups excluding carboxylic acids is 1. The van der Waals surface area contributed by atoms with Crippen molar-refractivity contribution in [2.45, 2.75) is 77.9 Å². The van der Waals surface area contributed by atoms with Crippen molar-refractivity contribution in [3.63, 3.8) is 0 Å². The number of hydrogen-bond acceptors (Lipinski definition) is 4. The van der Waals surface area contributed by atoms with Gasteiger partial charge in [-0.2, -0.15) is 0 Å². The van der Waals surface area contributed by atoms with Gasteiger partial charge in [0.25, 0.3) is 0 Å². The highest BCUT2D eigenvalue weighted by Gasteiger charge is 2.29. The van der Waals surface area contributed by atoms with Gasteiger partial charge in [-0.05, 0) is 46.5 Å². The molecule has 2 rings (SSSR count). The molecule has 0 amide bonds. The Labute approximate surface area is 122 Å². The summed E-state index contributed by atoms with van der Waals surface area (Å²) in [6.07, 6.45) is 9.18. The first kappa shape index (κ1) is 15.8.